The highest BCUT2D eigenvalue weighted by Gasteiger charge is 2.48. The third-order valence-electron chi connectivity index (χ3n) is 3.21. The lowest BCUT2D eigenvalue weighted by Gasteiger charge is -2.42. The molecule has 0 aliphatic carbocycles. The first-order valence-corrected chi connectivity index (χ1v) is 8.95. The number of halogens is 2. The molecule has 0 radical (unpaired) electrons. The van der Waals surface area contributed by atoms with Crippen molar-refractivity contribution in [3.05, 3.63) is 0 Å². The molecule has 0 aliphatic rings. The average Bonchev–Trinajstić information content (AvgIpc) is 2.18. The summed E-state index contributed by atoms with van der Waals surface area (Å²) in [7, 11) is -5.05. The van der Waals surface area contributed by atoms with Gasteiger partial charge < -0.3 is 10.5 Å². The summed E-state index contributed by atoms with van der Waals surface area (Å²) in [5, 5.41) is 0. The third-order valence-corrected chi connectivity index (χ3v) is 4.10. The molecule has 0 aromatic heterocycles. The van der Waals surface area contributed by atoms with Crippen molar-refractivity contribution in [1.82, 2.24) is 0 Å². The predicted octanol–water partition coefficient (Wildman–Crippen LogP) is 2.96. The van der Waals surface area contributed by atoms with Crippen LogP contribution in [-0.4, -0.2) is 33.0 Å². The molecular formula is C12H24FINO5P. The summed E-state index contributed by atoms with van der Waals surface area (Å²) in [5.41, 5.74) is 4.32. The molecule has 0 aliphatic heterocycles. The van der Waals surface area contributed by atoms with Crippen LogP contribution in [0.3, 0.4) is 0 Å². The smallest absolute Gasteiger partial charge is 0.463 e. The summed E-state index contributed by atoms with van der Waals surface area (Å²) < 4.78 is 31.5. The van der Waals surface area contributed by atoms with Crippen molar-refractivity contribution < 1.29 is 27.7 Å². The summed E-state index contributed by atoms with van der Waals surface area (Å²) in [6.45, 7) is 8.31. The van der Waals surface area contributed by atoms with E-state index >= 15 is 0 Å². The van der Waals surface area contributed by atoms with Crippen molar-refractivity contribution in [3.63, 3.8) is 0 Å². The molecule has 6 nitrogen and oxygen atoms in total. The molecule has 0 spiro atoms. The Morgan fingerprint density at radius 3 is 2.10 bits per heavy atom. The zero-order chi connectivity index (χ0) is 17.1. The molecule has 9 heteroatoms. The van der Waals surface area contributed by atoms with E-state index in [0.29, 0.717) is 6.42 Å². The lowest BCUT2D eigenvalue weighted by molar-refractivity contribution is -0.160. The Labute approximate surface area is 138 Å². The summed E-state index contributed by atoms with van der Waals surface area (Å²) in [4.78, 5) is 20.7. The maximum Gasteiger partial charge on any atom is 0.510 e. The van der Waals surface area contributed by atoms with Crippen molar-refractivity contribution in [3.8, 4) is 0 Å². The van der Waals surface area contributed by atoms with Crippen molar-refractivity contribution in [2.45, 2.75) is 50.0 Å². The van der Waals surface area contributed by atoms with Gasteiger partial charge in [0.15, 0.2) is 0 Å². The molecule has 0 rings (SSSR count). The first-order chi connectivity index (χ1) is 9.08. The second-order valence-electron chi connectivity index (χ2n) is 6.37. The molecule has 126 valence electrons. The largest absolute Gasteiger partial charge is 0.510 e. The fourth-order valence-electron chi connectivity index (χ4n) is 1.85. The van der Waals surface area contributed by atoms with E-state index in [2.05, 4.69) is 27.1 Å². The van der Waals surface area contributed by atoms with Crippen LogP contribution in [0.1, 0.15) is 41.0 Å². The third kappa shape index (κ3) is 7.88. The van der Waals surface area contributed by atoms with Crippen molar-refractivity contribution in [2.24, 2.45) is 11.1 Å². The molecule has 0 aromatic rings. The van der Waals surface area contributed by atoms with Gasteiger partial charge in [0.2, 0.25) is 0 Å². The molecule has 2 unspecified atom stereocenters. The van der Waals surface area contributed by atoms with Crippen molar-refractivity contribution in [2.75, 3.05) is 13.2 Å². The molecule has 0 bridgehead atoms. The Morgan fingerprint density at radius 1 is 1.29 bits per heavy atom. The minimum absolute atomic E-state index is 0.182. The number of nitrogens with two attached hydrogens (primary N) is 1. The van der Waals surface area contributed by atoms with Gasteiger partial charge in [0.1, 0.15) is 6.61 Å². The zero-order valence-corrected chi connectivity index (χ0v) is 16.0. The van der Waals surface area contributed by atoms with Crippen LogP contribution in [0.4, 0.5) is 4.20 Å². The lowest BCUT2D eigenvalue weighted by Crippen LogP contribution is -2.56. The molecule has 3 N–H and O–H groups in total. The van der Waals surface area contributed by atoms with Crippen LogP contribution in [-0.2, 0) is 18.6 Å². The van der Waals surface area contributed by atoms with E-state index in [0.717, 1.165) is 0 Å². The number of hydrogen-bond acceptors (Lipinski definition) is 5. The SMILES string of the molecule is CC(C)(I)CC(C)(C(=O)OCCOP(=O)(O)F)C(C)(C)N. The fourth-order valence-corrected chi connectivity index (χ4v) is 2.91. The molecule has 0 aromatic carbocycles. The number of hydrogen-bond donors (Lipinski definition) is 2. The first kappa shape index (κ1) is 21.2. The quantitative estimate of drug-likeness (QED) is 0.198. The van der Waals surface area contributed by atoms with Gasteiger partial charge in [0.05, 0.1) is 12.0 Å². The highest BCUT2D eigenvalue weighted by atomic mass is 127. The second kappa shape index (κ2) is 7.21. The van der Waals surface area contributed by atoms with Crippen LogP contribution in [0.5, 0.6) is 0 Å². The summed E-state index contributed by atoms with van der Waals surface area (Å²) >= 11 is 2.22. The van der Waals surface area contributed by atoms with Gasteiger partial charge in [-0.15, -0.1) is 4.20 Å². The Morgan fingerprint density at radius 2 is 1.76 bits per heavy atom. The lowest BCUT2D eigenvalue weighted by atomic mass is 9.68. The van der Waals surface area contributed by atoms with Crippen LogP contribution in [0.15, 0.2) is 0 Å². The topological polar surface area (TPSA) is 98.8 Å². The fraction of sp³-hybridized carbons (Fsp3) is 0.917. The molecule has 0 heterocycles. The van der Waals surface area contributed by atoms with Gasteiger partial charge in [-0.25, -0.2) is 4.57 Å². The van der Waals surface area contributed by atoms with Crippen LogP contribution >= 0.6 is 30.5 Å². The van der Waals surface area contributed by atoms with Crippen LogP contribution in [0.2, 0.25) is 0 Å². The molecule has 0 amide bonds. The minimum atomic E-state index is -5.05. The molecule has 2 atom stereocenters. The van der Waals surface area contributed by atoms with Crippen LogP contribution < -0.4 is 5.73 Å². The van der Waals surface area contributed by atoms with Crippen molar-refractivity contribution in [1.29, 1.82) is 0 Å². The second-order valence-corrected chi connectivity index (χ2v) is 10.5. The number of alkyl halides is 1. The van der Waals surface area contributed by atoms with Crippen molar-refractivity contribution >= 4 is 36.5 Å². The maximum absolute atomic E-state index is 12.3. The van der Waals surface area contributed by atoms with Gasteiger partial charge in [-0.05, 0) is 27.2 Å². The number of esters is 1. The standard InChI is InChI=1S/C12H24FINO5P/c1-10(2,14)8-12(5,11(3,4)15)9(16)19-6-7-20-21(13,17)18/h6-8,15H2,1-5H3,(H,17,18). The molecular weight excluding hydrogens is 415 g/mol. The van der Waals surface area contributed by atoms with Gasteiger partial charge in [-0.3, -0.25) is 14.2 Å². The number of rotatable bonds is 8. The summed E-state index contributed by atoms with van der Waals surface area (Å²) in [6.07, 6.45) is 0.478. The Hall–Kier alpha value is 0.240. The molecule has 0 fully saturated rings. The molecule has 0 saturated heterocycles. The Bertz CT molecular complexity index is 415. The monoisotopic (exact) mass is 439 g/mol. The number of ether oxygens (including phenoxy) is 1. The first-order valence-electron chi connectivity index (χ1n) is 6.40. The van der Waals surface area contributed by atoms with Gasteiger partial charge in [0.25, 0.3) is 0 Å². The zero-order valence-electron chi connectivity index (χ0n) is 13.0. The van der Waals surface area contributed by atoms with Gasteiger partial charge >= 0.3 is 13.9 Å². The van der Waals surface area contributed by atoms with E-state index in [-0.39, 0.29) is 10.0 Å². The van der Waals surface area contributed by atoms with Crippen LogP contribution in [0.25, 0.3) is 0 Å². The molecule has 21 heavy (non-hydrogen) atoms. The highest BCUT2D eigenvalue weighted by molar-refractivity contribution is 14.1. The van der Waals surface area contributed by atoms with Gasteiger partial charge in [-0.1, -0.05) is 36.4 Å². The maximum atomic E-state index is 12.3. The van der Waals surface area contributed by atoms with Gasteiger partial charge in [-0.2, -0.15) is 0 Å². The van der Waals surface area contributed by atoms with E-state index in [1.807, 2.05) is 13.8 Å². The summed E-state index contributed by atoms with van der Waals surface area (Å²) in [6, 6.07) is 0. The average molecular weight is 439 g/mol. The number of carbonyl (C=O) groups is 1. The summed E-state index contributed by atoms with van der Waals surface area (Å²) in [5.74, 6) is -0.546. The predicted molar refractivity (Wildman–Crippen MR) is 86.9 cm³/mol. The minimum Gasteiger partial charge on any atom is -0.463 e. The van der Waals surface area contributed by atoms with E-state index in [1.54, 1.807) is 20.8 Å². The van der Waals surface area contributed by atoms with E-state index in [4.69, 9.17) is 15.4 Å². The van der Waals surface area contributed by atoms with Crippen LogP contribution in [0, 0.1) is 5.41 Å². The van der Waals surface area contributed by atoms with E-state index in [1.165, 1.54) is 0 Å². The van der Waals surface area contributed by atoms with Gasteiger partial charge in [0, 0.05) is 8.96 Å². The van der Waals surface area contributed by atoms with E-state index in [9.17, 15) is 13.6 Å². The Balaban J connectivity index is 4.80. The molecule has 0 saturated carbocycles. The Kier molecular flexibility index (Phi) is 7.29. The van der Waals surface area contributed by atoms with E-state index < -0.39 is 31.4 Å². The normalized spacial score (nSPS) is 18.7. The number of carbonyl (C=O) groups excluding carboxylic acids is 1. The highest BCUT2D eigenvalue weighted by Crippen LogP contribution is 2.43.